The third kappa shape index (κ3) is 3.33. The second-order valence-electron chi connectivity index (χ2n) is 9.64. The maximum atomic E-state index is 13.5. The number of fused-ring (bicyclic) bond motifs is 2. The zero-order valence-electron chi connectivity index (χ0n) is 18.0. The number of anilines is 1. The van der Waals surface area contributed by atoms with Gasteiger partial charge in [0.2, 0.25) is 10.0 Å². The summed E-state index contributed by atoms with van der Waals surface area (Å²) in [7, 11) is -3.32. The van der Waals surface area contributed by atoms with Crippen molar-refractivity contribution in [2.45, 2.75) is 40.0 Å². The molecule has 2 atom stereocenters. The molecule has 3 fully saturated rings. The van der Waals surface area contributed by atoms with Crippen LogP contribution in [0.5, 0.6) is 0 Å². The van der Waals surface area contributed by atoms with E-state index in [1.165, 1.54) is 16.8 Å². The first kappa shape index (κ1) is 20.9. The van der Waals surface area contributed by atoms with Gasteiger partial charge in [0.25, 0.3) is 0 Å². The Kier molecular flexibility index (Phi) is 5.33. The van der Waals surface area contributed by atoms with Crippen molar-refractivity contribution in [2.75, 3.05) is 43.4 Å². The fourth-order valence-electron chi connectivity index (χ4n) is 6.19. The zero-order chi connectivity index (χ0) is 20.9. The molecule has 1 aromatic rings. The lowest BCUT2D eigenvalue weighted by molar-refractivity contribution is 0.179. The molecule has 2 unspecified atom stereocenters. The Morgan fingerprint density at radius 3 is 2.48 bits per heavy atom. The predicted octanol–water partition coefficient (Wildman–Crippen LogP) is 3.16. The fraction of sp³-hybridized carbons (Fsp3) is 0.652. The number of benzene rings is 1. The van der Waals surface area contributed by atoms with Gasteiger partial charge in [-0.25, -0.2) is 8.42 Å². The van der Waals surface area contributed by atoms with Gasteiger partial charge in [-0.1, -0.05) is 43.7 Å². The Hall–Kier alpha value is -1.37. The average Bonchev–Trinajstić information content (AvgIpc) is 3.03. The molecule has 1 aromatic carbocycles. The van der Waals surface area contributed by atoms with E-state index < -0.39 is 10.0 Å². The van der Waals surface area contributed by atoms with Crippen LogP contribution >= 0.6 is 0 Å². The standard InChI is InChI=1S/C23H35N3O2S/c1-18-6-4-5-7-21(18)25-12-14-26(15-13-25)29(27,28)17-23-10-8-19(22(23,2)3)16-20(23)9-11-24/h4-7,9,19H,8,10-17,24H2,1-3H3. The molecule has 0 aromatic heterocycles. The lowest BCUT2D eigenvalue weighted by Crippen LogP contribution is -2.52. The van der Waals surface area contributed by atoms with Crippen molar-refractivity contribution >= 4 is 15.7 Å². The smallest absolute Gasteiger partial charge is 0.215 e. The molecule has 0 spiro atoms. The normalized spacial score (nSPS) is 31.0. The Balaban J connectivity index is 1.51. The molecule has 0 amide bonds. The van der Waals surface area contributed by atoms with E-state index in [0.717, 1.165) is 32.4 Å². The van der Waals surface area contributed by atoms with Crippen LogP contribution in [0.2, 0.25) is 0 Å². The van der Waals surface area contributed by atoms with Crippen molar-refractivity contribution in [1.29, 1.82) is 0 Å². The minimum absolute atomic E-state index is 0.0179. The highest BCUT2D eigenvalue weighted by atomic mass is 32.2. The molecule has 2 saturated carbocycles. The maximum Gasteiger partial charge on any atom is 0.215 e. The predicted molar refractivity (Wildman–Crippen MR) is 119 cm³/mol. The Labute approximate surface area is 176 Å². The summed E-state index contributed by atoms with van der Waals surface area (Å²) in [6.45, 7) is 9.76. The number of para-hydroxylation sites is 1. The van der Waals surface area contributed by atoms with E-state index >= 15 is 0 Å². The number of nitrogens with two attached hydrogens (primary N) is 1. The van der Waals surface area contributed by atoms with Gasteiger partial charge in [0.05, 0.1) is 5.75 Å². The van der Waals surface area contributed by atoms with Crippen molar-refractivity contribution in [3.63, 3.8) is 0 Å². The molecule has 6 heteroatoms. The van der Waals surface area contributed by atoms with Gasteiger partial charge in [0, 0.05) is 43.8 Å². The Morgan fingerprint density at radius 2 is 1.86 bits per heavy atom. The van der Waals surface area contributed by atoms with Gasteiger partial charge >= 0.3 is 0 Å². The lowest BCUT2D eigenvalue weighted by atomic mass is 9.69. The number of hydrogen-bond acceptors (Lipinski definition) is 4. The third-order valence-electron chi connectivity index (χ3n) is 8.14. The third-order valence-corrected chi connectivity index (χ3v) is 10.1. The van der Waals surface area contributed by atoms with Crippen molar-refractivity contribution in [3.8, 4) is 0 Å². The first-order valence-corrected chi connectivity index (χ1v) is 12.5. The number of allylic oxidation sites excluding steroid dienone is 1. The van der Waals surface area contributed by atoms with Gasteiger partial charge in [-0.3, -0.25) is 0 Å². The minimum Gasteiger partial charge on any atom is -0.369 e. The van der Waals surface area contributed by atoms with Crippen LogP contribution in [-0.4, -0.2) is 51.2 Å². The molecule has 5 nitrogen and oxygen atoms in total. The summed E-state index contributed by atoms with van der Waals surface area (Å²) in [5, 5.41) is 0. The molecule has 3 aliphatic rings. The first-order valence-electron chi connectivity index (χ1n) is 10.9. The molecule has 2 bridgehead atoms. The van der Waals surface area contributed by atoms with Gasteiger partial charge in [0.15, 0.2) is 0 Å². The molecule has 29 heavy (non-hydrogen) atoms. The number of aryl methyl sites for hydroxylation is 1. The van der Waals surface area contributed by atoms with Crippen molar-refractivity contribution in [3.05, 3.63) is 41.5 Å². The summed E-state index contributed by atoms with van der Waals surface area (Å²) < 4.78 is 28.8. The topological polar surface area (TPSA) is 66.6 Å². The van der Waals surface area contributed by atoms with E-state index in [9.17, 15) is 8.42 Å². The number of sulfonamides is 1. The summed E-state index contributed by atoms with van der Waals surface area (Å²) in [4.78, 5) is 2.31. The zero-order valence-corrected chi connectivity index (χ0v) is 18.8. The molecule has 1 heterocycles. The molecular weight excluding hydrogens is 382 g/mol. The molecule has 0 radical (unpaired) electrons. The summed E-state index contributed by atoms with van der Waals surface area (Å²) in [5.41, 5.74) is 9.36. The molecular formula is C23H35N3O2S. The summed E-state index contributed by atoms with van der Waals surface area (Å²) in [5.74, 6) is 0.813. The molecule has 2 aliphatic carbocycles. The number of rotatable bonds is 5. The summed E-state index contributed by atoms with van der Waals surface area (Å²) >= 11 is 0. The minimum atomic E-state index is -3.32. The molecule has 1 aliphatic heterocycles. The molecule has 160 valence electrons. The molecule has 2 N–H and O–H groups in total. The van der Waals surface area contributed by atoms with Gasteiger partial charge in [-0.05, 0) is 49.1 Å². The monoisotopic (exact) mass is 417 g/mol. The highest BCUT2D eigenvalue weighted by Crippen LogP contribution is 2.68. The van der Waals surface area contributed by atoms with Gasteiger partial charge in [-0.2, -0.15) is 4.31 Å². The molecule has 4 rings (SSSR count). The number of piperazine rings is 1. The quantitative estimate of drug-likeness (QED) is 0.748. The van der Waals surface area contributed by atoms with Crippen molar-refractivity contribution in [1.82, 2.24) is 4.31 Å². The second kappa shape index (κ2) is 7.40. The van der Waals surface area contributed by atoms with E-state index in [4.69, 9.17) is 5.73 Å². The summed E-state index contributed by atoms with van der Waals surface area (Å²) in [6.07, 6.45) is 5.22. The van der Waals surface area contributed by atoms with Crippen LogP contribution in [0.1, 0.15) is 38.7 Å². The Bertz CT molecular complexity index is 900. The van der Waals surface area contributed by atoms with Crippen LogP contribution in [-0.2, 0) is 10.0 Å². The highest BCUT2D eigenvalue weighted by molar-refractivity contribution is 7.89. The van der Waals surface area contributed by atoms with E-state index in [-0.39, 0.29) is 16.6 Å². The van der Waals surface area contributed by atoms with E-state index in [1.54, 1.807) is 4.31 Å². The second-order valence-corrected chi connectivity index (χ2v) is 11.6. The van der Waals surface area contributed by atoms with E-state index in [1.807, 2.05) is 6.07 Å². The van der Waals surface area contributed by atoms with Crippen LogP contribution in [0.15, 0.2) is 35.9 Å². The van der Waals surface area contributed by atoms with Crippen LogP contribution in [0, 0.1) is 23.7 Å². The largest absolute Gasteiger partial charge is 0.369 e. The van der Waals surface area contributed by atoms with Crippen LogP contribution in [0.4, 0.5) is 5.69 Å². The maximum absolute atomic E-state index is 13.5. The highest BCUT2D eigenvalue weighted by Gasteiger charge is 2.63. The van der Waals surface area contributed by atoms with Gasteiger partial charge < -0.3 is 10.6 Å². The Morgan fingerprint density at radius 1 is 1.17 bits per heavy atom. The van der Waals surface area contributed by atoms with E-state index in [2.05, 4.69) is 49.9 Å². The van der Waals surface area contributed by atoms with E-state index in [0.29, 0.717) is 25.6 Å². The lowest BCUT2D eigenvalue weighted by Gasteiger charge is -2.42. The van der Waals surface area contributed by atoms with Crippen LogP contribution < -0.4 is 10.6 Å². The van der Waals surface area contributed by atoms with Crippen LogP contribution in [0.3, 0.4) is 0 Å². The van der Waals surface area contributed by atoms with Crippen molar-refractivity contribution < 1.29 is 8.42 Å². The van der Waals surface area contributed by atoms with Crippen molar-refractivity contribution in [2.24, 2.45) is 22.5 Å². The fourth-order valence-corrected chi connectivity index (χ4v) is 8.41. The average molecular weight is 418 g/mol. The molecule has 1 saturated heterocycles. The van der Waals surface area contributed by atoms with Gasteiger partial charge in [-0.15, -0.1) is 0 Å². The number of nitrogens with zero attached hydrogens (tertiary/aromatic N) is 2. The summed E-state index contributed by atoms with van der Waals surface area (Å²) in [6, 6.07) is 8.34. The van der Waals surface area contributed by atoms with Crippen LogP contribution in [0.25, 0.3) is 0 Å². The van der Waals surface area contributed by atoms with Gasteiger partial charge in [0.1, 0.15) is 0 Å². The SMILES string of the molecule is Cc1ccccc1N1CCN(S(=O)(=O)CC23CCC(CC2=CCN)C3(C)C)CC1. The first-order chi connectivity index (χ1) is 13.7. The number of hydrogen-bond donors (Lipinski definition) is 1.